The highest BCUT2D eigenvalue weighted by atomic mass is 16.5. The van der Waals surface area contributed by atoms with Gasteiger partial charge in [0.1, 0.15) is 0 Å². The Morgan fingerprint density at radius 3 is 2.08 bits per heavy atom. The third kappa shape index (κ3) is 5.88. The molecule has 138 valence electrons. The van der Waals surface area contributed by atoms with Gasteiger partial charge in [-0.1, -0.05) is 0 Å². The predicted octanol–water partition coefficient (Wildman–Crippen LogP) is 3.65. The van der Waals surface area contributed by atoms with Gasteiger partial charge in [0.15, 0.2) is 0 Å². The second-order valence-corrected chi connectivity index (χ2v) is 7.29. The highest BCUT2D eigenvalue weighted by Crippen LogP contribution is 2.14. The average molecular weight is 355 g/mol. The quantitative estimate of drug-likeness (QED) is 0.858. The fraction of sp³-hybridized carbons (Fsp3) is 0.350. The number of carbonyl (C=O) groups excluding carboxylic acids is 2. The first kappa shape index (κ1) is 19.4. The van der Waals surface area contributed by atoms with Crippen molar-refractivity contribution in [1.29, 1.82) is 0 Å². The summed E-state index contributed by atoms with van der Waals surface area (Å²) in [4.78, 5) is 28.5. The Hall–Kier alpha value is -2.89. The SMILES string of the molecule is CC(C)Oc1ccc(C(=O)Nc2ccc(C(=O)NC(C)(C)C)cc2)cn1. The number of anilines is 1. The molecule has 0 bridgehead atoms. The lowest BCUT2D eigenvalue weighted by Crippen LogP contribution is -2.40. The van der Waals surface area contributed by atoms with Gasteiger partial charge in [0.2, 0.25) is 5.88 Å². The van der Waals surface area contributed by atoms with Crippen LogP contribution < -0.4 is 15.4 Å². The van der Waals surface area contributed by atoms with Crippen LogP contribution in [0.3, 0.4) is 0 Å². The van der Waals surface area contributed by atoms with Crippen molar-refractivity contribution in [1.82, 2.24) is 10.3 Å². The lowest BCUT2D eigenvalue weighted by molar-refractivity contribution is 0.0919. The summed E-state index contributed by atoms with van der Waals surface area (Å²) in [6, 6.07) is 10.1. The topological polar surface area (TPSA) is 80.3 Å². The van der Waals surface area contributed by atoms with Crippen LogP contribution in [0.4, 0.5) is 5.69 Å². The van der Waals surface area contributed by atoms with Gasteiger partial charge < -0.3 is 15.4 Å². The molecular weight excluding hydrogens is 330 g/mol. The van der Waals surface area contributed by atoms with Crippen LogP contribution in [-0.2, 0) is 0 Å². The first-order chi connectivity index (χ1) is 12.1. The van der Waals surface area contributed by atoms with E-state index in [0.717, 1.165) is 0 Å². The molecule has 0 saturated heterocycles. The Morgan fingerprint density at radius 2 is 1.58 bits per heavy atom. The summed E-state index contributed by atoms with van der Waals surface area (Å²) in [5.74, 6) is 0.0478. The zero-order valence-electron chi connectivity index (χ0n) is 15.8. The monoisotopic (exact) mass is 355 g/mol. The van der Waals surface area contributed by atoms with E-state index >= 15 is 0 Å². The lowest BCUT2D eigenvalue weighted by Gasteiger charge is -2.20. The van der Waals surface area contributed by atoms with Gasteiger partial charge in [-0.2, -0.15) is 0 Å². The van der Waals surface area contributed by atoms with Gasteiger partial charge in [-0.05, 0) is 65.0 Å². The summed E-state index contributed by atoms with van der Waals surface area (Å²) in [5.41, 5.74) is 1.26. The minimum Gasteiger partial charge on any atom is -0.475 e. The van der Waals surface area contributed by atoms with Crippen LogP contribution >= 0.6 is 0 Å². The molecule has 6 heteroatoms. The molecular formula is C20H25N3O3. The third-order valence-corrected chi connectivity index (χ3v) is 3.25. The molecule has 0 aliphatic carbocycles. The number of nitrogens with one attached hydrogen (secondary N) is 2. The van der Waals surface area contributed by atoms with Crippen molar-refractivity contribution < 1.29 is 14.3 Å². The van der Waals surface area contributed by atoms with Crippen molar-refractivity contribution in [2.45, 2.75) is 46.3 Å². The molecule has 0 radical (unpaired) electrons. The zero-order valence-corrected chi connectivity index (χ0v) is 15.8. The first-order valence-electron chi connectivity index (χ1n) is 8.51. The molecule has 0 unspecified atom stereocenters. The molecule has 6 nitrogen and oxygen atoms in total. The number of nitrogens with zero attached hydrogens (tertiary/aromatic N) is 1. The summed E-state index contributed by atoms with van der Waals surface area (Å²) in [6.45, 7) is 9.59. The maximum atomic E-state index is 12.3. The number of amides is 2. The number of ether oxygens (including phenoxy) is 1. The van der Waals surface area contributed by atoms with Crippen molar-refractivity contribution >= 4 is 17.5 Å². The van der Waals surface area contributed by atoms with E-state index in [-0.39, 0.29) is 23.5 Å². The minimum absolute atomic E-state index is 0.0242. The van der Waals surface area contributed by atoms with Gasteiger partial charge >= 0.3 is 0 Å². The van der Waals surface area contributed by atoms with Crippen molar-refractivity contribution in [3.8, 4) is 5.88 Å². The molecule has 0 saturated carbocycles. The van der Waals surface area contributed by atoms with E-state index in [4.69, 9.17) is 4.74 Å². The molecule has 1 heterocycles. The van der Waals surface area contributed by atoms with Crippen molar-refractivity contribution in [2.75, 3.05) is 5.32 Å². The Labute approximate surface area is 154 Å². The van der Waals surface area contributed by atoms with Crippen molar-refractivity contribution in [3.05, 3.63) is 53.7 Å². The molecule has 0 spiro atoms. The Balaban J connectivity index is 2.00. The molecule has 0 atom stereocenters. The molecule has 26 heavy (non-hydrogen) atoms. The minimum atomic E-state index is -0.303. The van der Waals surface area contributed by atoms with E-state index in [1.54, 1.807) is 36.4 Å². The maximum Gasteiger partial charge on any atom is 0.257 e. The van der Waals surface area contributed by atoms with E-state index in [0.29, 0.717) is 22.7 Å². The lowest BCUT2D eigenvalue weighted by atomic mass is 10.1. The first-order valence-corrected chi connectivity index (χ1v) is 8.51. The van der Waals surface area contributed by atoms with E-state index < -0.39 is 0 Å². The van der Waals surface area contributed by atoms with Crippen LogP contribution in [0.2, 0.25) is 0 Å². The number of benzene rings is 1. The zero-order chi connectivity index (χ0) is 19.3. The Morgan fingerprint density at radius 1 is 0.962 bits per heavy atom. The number of rotatable bonds is 5. The van der Waals surface area contributed by atoms with Gasteiger partial charge in [-0.3, -0.25) is 9.59 Å². The van der Waals surface area contributed by atoms with Gasteiger partial charge in [-0.25, -0.2) is 4.98 Å². The fourth-order valence-corrected chi connectivity index (χ4v) is 2.15. The van der Waals surface area contributed by atoms with Gasteiger partial charge in [0.05, 0.1) is 11.7 Å². The highest BCUT2D eigenvalue weighted by Gasteiger charge is 2.15. The molecule has 0 aliphatic rings. The molecule has 2 N–H and O–H groups in total. The normalized spacial score (nSPS) is 11.2. The second kappa shape index (κ2) is 7.99. The van der Waals surface area contributed by atoms with E-state index in [1.807, 2.05) is 34.6 Å². The number of hydrogen-bond acceptors (Lipinski definition) is 4. The maximum absolute atomic E-state index is 12.3. The molecule has 0 fully saturated rings. The van der Waals surface area contributed by atoms with E-state index in [2.05, 4.69) is 15.6 Å². The van der Waals surface area contributed by atoms with Gasteiger partial charge in [0, 0.05) is 29.1 Å². The Kier molecular flexibility index (Phi) is 5.97. The largest absolute Gasteiger partial charge is 0.475 e. The average Bonchev–Trinajstić information content (AvgIpc) is 2.54. The number of carbonyl (C=O) groups is 2. The molecule has 0 aliphatic heterocycles. The number of aromatic nitrogens is 1. The van der Waals surface area contributed by atoms with Crippen LogP contribution in [0.25, 0.3) is 0 Å². The highest BCUT2D eigenvalue weighted by molar-refractivity contribution is 6.04. The van der Waals surface area contributed by atoms with Gasteiger partial charge in [0.25, 0.3) is 11.8 Å². The Bertz CT molecular complexity index is 760. The second-order valence-electron chi connectivity index (χ2n) is 7.29. The molecule has 2 amide bonds. The van der Waals surface area contributed by atoms with Crippen LogP contribution in [0.15, 0.2) is 42.6 Å². The third-order valence-electron chi connectivity index (χ3n) is 3.25. The summed E-state index contributed by atoms with van der Waals surface area (Å²) < 4.78 is 5.46. The van der Waals surface area contributed by atoms with Crippen molar-refractivity contribution in [3.63, 3.8) is 0 Å². The molecule has 2 aromatic rings. The summed E-state index contributed by atoms with van der Waals surface area (Å²) in [7, 11) is 0. The van der Waals surface area contributed by atoms with Crippen LogP contribution in [-0.4, -0.2) is 28.4 Å². The fourth-order valence-electron chi connectivity index (χ4n) is 2.15. The summed E-state index contributed by atoms with van der Waals surface area (Å²) in [6.07, 6.45) is 1.49. The number of hydrogen-bond donors (Lipinski definition) is 2. The summed E-state index contributed by atoms with van der Waals surface area (Å²) in [5, 5.41) is 5.68. The van der Waals surface area contributed by atoms with E-state index in [9.17, 15) is 9.59 Å². The smallest absolute Gasteiger partial charge is 0.257 e. The van der Waals surface area contributed by atoms with Crippen LogP contribution in [0, 0.1) is 0 Å². The van der Waals surface area contributed by atoms with Crippen molar-refractivity contribution in [2.24, 2.45) is 0 Å². The van der Waals surface area contributed by atoms with Crippen LogP contribution in [0.5, 0.6) is 5.88 Å². The number of pyridine rings is 1. The summed E-state index contributed by atoms with van der Waals surface area (Å²) >= 11 is 0. The standard InChI is InChI=1S/C20H25N3O3/c1-13(2)26-17-11-8-15(12-21-17)18(24)22-16-9-6-14(7-10-16)19(25)23-20(3,4)5/h6-13H,1-5H3,(H,22,24)(H,23,25). The van der Waals surface area contributed by atoms with Crippen LogP contribution in [0.1, 0.15) is 55.3 Å². The molecule has 1 aromatic heterocycles. The molecule has 2 rings (SSSR count). The molecule has 1 aromatic carbocycles. The predicted molar refractivity (Wildman–Crippen MR) is 102 cm³/mol. The van der Waals surface area contributed by atoms with E-state index in [1.165, 1.54) is 6.20 Å². The van der Waals surface area contributed by atoms with Gasteiger partial charge in [-0.15, -0.1) is 0 Å².